The molecule has 1 saturated heterocycles. The number of piperidine rings is 1. The van der Waals surface area contributed by atoms with E-state index < -0.39 is 5.60 Å². The molecule has 1 unspecified atom stereocenters. The summed E-state index contributed by atoms with van der Waals surface area (Å²) in [6, 6.07) is 17.2. The highest BCUT2D eigenvalue weighted by molar-refractivity contribution is 7.99. The van der Waals surface area contributed by atoms with Crippen molar-refractivity contribution in [3.63, 3.8) is 0 Å². The lowest BCUT2D eigenvalue weighted by Crippen LogP contribution is -2.42. The Morgan fingerprint density at radius 2 is 1.83 bits per heavy atom. The lowest BCUT2D eigenvalue weighted by molar-refractivity contribution is 0.0178. The summed E-state index contributed by atoms with van der Waals surface area (Å²) in [5.74, 6) is 1.62. The second-order valence-corrected chi connectivity index (χ2v) is 11.3. The van der Waals surface area contributed by atoms with Gasteiger partial charge in [-0.05, 0) is 74.4 Å². The molecule has 1 aromatic heterocycles. The van der Waals surface area contributed by atoms with E-state index >= 15 is 0 Å². The maximum atomic E-state index is 12.6. The van der Waals surface area contributed by atoms with Gasteiger partial charge in [0.2, 0.25) is 0 Å². The summed E-state index contributed by atoms with van der Waals surface area (Å²) in [4.78, 5) is 21.3. The second-order valence-electron chi connectivity index (χ2n) is 10.3. The van der Waals surface area contributed by atoms with Crippen LogP contribution in [0.25, 0.3) is 11.1 Å². The monoisotopic (exact) mass is 488 g/mol. The molecule has 0 bridgehead atoms. The fourth-order valence-corrected chi connectivity index (χ4v) is 6.45. The van der Waals surface area contributed by atoms with Crippen LogP contribution in [0.1, 0.15) is 50.7 Å². The number of fused-ring (bicyclic) bond motifs is 2. The Balaban J connectivity index is 1.47. The summed E-state index contributed by atoms with van der Waals surface area (Å²) in [5.41, 5.74) is 4.49. The van der Waals surface area contributed by atoms with Gasteiger partial charge in [0.25, 0.3) is 0 Å². The van der Waals surface area contributed by atoms with Crippen molar-refractivity contribution in [2.24, 2.45) is 5.92 Å². The summed E-state index contributed by atoms with van der Waals surface area (Å²) in [5, 5.41) is 0. The summed E-state index contributed by atoms with van der Waals surface area (Å²) in [6.07, 6.45) is 5.38. The lowest BCUT2D eigenvalue weighted by atomic mass is 9.75. The first-order chi connectivity index (χ1) is 16.8. The molecule has 6 heteroatoms. The molecular formula is C29H32N2O3S. The molecule has 0 radical (unpaired) electrons. The van der Waals surface area contributed by atoms with Crippen molar-refractivity contribution in [3.05, 3.63) is 72.1 Å². The minimum absolute atomic E-state index is 0.210. The van der Waals surface area contributed by atoms with Crippen LogP contribution in [0.15, 0.2) is 70.7 Å². The number of rotatable bonds is 3. The summed E-state index contributed by atoms with van der Waals surface area (Å²) in [7, 11) is 1.74. The zero-order valence-electron chi connectivity index (χ0n) is 20.8. The standard InChI is InChI=1S/C29H32N2O3S/c1-29(2,3)34-28(32)31-15-12-19(13-16-31)26-22-11-10-20(21-7-6-14-30-18-21)17-25(22)35-27-23(26)8-5-9-24(27)33-4/h5-11,14,17-19,26H,12-13,15-16H2,1-4H3. The number of nitrogens with zero attached hydrogens (tertiary/aromatic N) is 2. The number of hydrogen-bond acceptors (Lipinski definition) is 5. The smallest absolute Gasteiger partial charge is 0.410 e. The van der Waals surface area contributed by atoms with Crippen LogP contribution in [0.4, 0.5) is 4.79 Å². The van der Waals surface area contributed by atoms with Crippen molar-refractivity contribution >= 4 is 17.9 Å². The number of carbonyl (C=O) groups is 1. The van der Waals surface area contributed by atoms with E-state index in [4.69, 9.17) is 9.47 Å². The van der Waals surface area contributed by atoms with Gasteiger partial charge in [-0.1, -0.05) is 42.1 Å². The summed E-state index contributed by atoms with van der Waals surface area (Å²) in [6.45, 7) is 7.17. The van der Waals surface area contributed by atoms with E-state index in [2.05, 4.69) is 41.4 Å². The first-order valence-corrected chi connectivity index (χ1v) is 13.0. The fraction of sp³-hybridized carbons (Fsp3) is 0.379. The van der Waals surface area contributed by atoms with Crippen molar-refractivity contribution in [2.75, 3.05) is 20.2 Å². The summed E-state index contributed by atoms with van der Waals surface area (Å²) >= 11 is 1.79. The molecule has 0 N–H and O–H groups in total. The minimum Gasteiger partial charge on any atom is -0.496 e. The highest BCUT2D eigenvalue weighted by Crippen LogP contribution is 2.54. The molecule has 1 fully saturated rings. The number of carbonyl (C=O) groups excluding carboxylic acids is 1. The van der Waals surface area contributed by atoms with E-state index in [-0.39, 0.29) is 12.0 Å². The van der Waals surface area contributed by atoms with Gasteiger partial charge in [-0.2, -0.15) is 0 Å². The molecule has 0 saturated carbocycles. The summed E-state index contributed by atoms with van der Waals surface area (Å²) < 4.78 is 11.4. The van der Waals surface area contributed by atoms with Crippen LogP contribution < -0.4 is 4.74 Å². The fourth-order valence-electron chi connectivity index (χ4n) is 5.17. The normalized spacial score (nSPS) is 17.9. The SMILES string of the molecule is COc1cccc2c1Sc1cc(-c3cccnc3)ccc1C2C1CCN(C(=O)OC(C)(C)C)CC1. The molecule has 3 aromatic rings. The molecule has 35 heavy (non-hydrogen) atoms. The van der Waals surface area contributed by atoms with Crippen LogP contribution in [0, 0.1) is 5.92 Å². The maximum Gasteiger partial charge on any atom is 0.410 e. The quantitative estimate of drug-likeness (QED) is 0.397. The van der Waals surface area contributed by atoms with E-state index in [1.54, 1.807) is 25.1 Å². The molecule has 3 heterocycles. The highest BCUT2D eigenvalue weighted by atomic mass is 32.2. The van der Waals surface area contributed by atoms with E-state index in [0.717, 1.165) is 24.2 Å². The van der Waals surface area contributed by atoms with E-state index in [9.17, 15) is 4.79 Å². The molecule has 2 aliphatic rings. The molecule has 1 atom stereocenters. The largest absolute Gasteiger partial charge is 0.496 e. The number of benzene rings is 2. The van der Waals surface area contributed by atoms with Gasteiger partial charge in [-0.15, -0.1) is 0 Å². The van der Waals surface area contributed by atoms with Crippen molar-refractivity contribution in [2.45, 2.75) is 54.9 Å². The Kier molecular flexibility index (Phi) is 6.49. The third kappa shape index (κ3) is 4.90. The number of likely N-dealkylation sites (tertiary alicyclic amines) is 1. The van der Waals surface area contributed by atoms with E-state index in [1.165, 1.54) is 26.5 Å². The van der Waals surface area contributed by atoms with Gasteiger partial charge >= 0.3 is 6.09 Å². The Morgan fingerprint density at radius 1 is 1.03 bits per heavy atom. The second kappa shape index (κ2) is 9.57. The molecule has 1 amide bonds. The minimum atomic E-state index is -0.477. The van der Waals surface area contributed by atoms with Crippen molar-refractivity contribution in [3.8, 4) is 16.9 Å². The zero-order chi connectivity index (χ0) is 24.6. The predicted molar refractivity (Wildman–Crippen MR) is 139 cm³/mol. The van der Waals surface area contributed by atoms with Crippen molar-refractivity contribution < 1.29 is 14.3 Å². The van der Waals surface area contributed by atoms with Crippen LogP contribution in [-0.4, -0.2) is 41.8 Å². The van der Waals surface area contributed by atoms with Gasteiger partial charge in [-0.25, -0.2) is 4.79 Å². The van der Waals surface area contributed by atoms with Gasteiger partial charge in [0.1, 0.15) is 11.4 Å². The molecular weight excluding hydrogens is 456 g/mol. The number of amides is 1. The maximum absolute atomic E-state index is 12.6. The number of hydrogen-bond donors (Lipinski definition) is 0. The molecule has 0 spiro atoms. The Hall–Kier alpha value is -2.99. The number of aromatic nitrogens is 1. The average Bonchev–Trinajstić information content (AvgIpc) is 2.86. The van der Waals surface area contributed by atoms with E-state index in [1.807, 2.05) is 44.0 Å². The van der Waals surface area contributed by atoms with Crippen LogP contribution >= 0.6 is 11.8 Å². The predicted octanol–water partition coefficient (Wildman–Crippen LogP) is 7.00. The van der Waals surface area contributed by atoms with Gasteiger partial charge in [0.05, 0.1) is 12.0 Å². The Morgan fingerprint density at radius 3 is 2.51 bits per heavy atom. The molecule has 5 rings (SSSR count). The van der Waals surface area contributed by atoms with Crippen LogP contribution in [0.5, 0.6) is 5.75 Å². The van der Waals surface area contributed by atoms with Crippen LogP contribution in [-0.2, 0) is 4.74 Å². The van der Waals surface area contributed by atoms with Crippen molar-refractivity contribution in [1.29, 1.82) is 0 Å². The number of ether oxygens (including phenoxy) is 2. The Labute approximate surface area is 211 Å². The van der Waals surface area contributed by atoms with Crippen LogP contribution in [0.2, 0.25) is 0 Å². The third-order valence-electron chi connectivity index (χ3n) is 6.78. The van der Waals surface area contributed by atoms with Gasteiger partial charge in [0, 0.05) is 41.9 Å². The number of methoxy groups -OCH3 is 1. The molecule has 182 valence electrons. The van der Waals surface area contributed by atoms with Crippen LogP contribution in [0.3, 0.4) is 0 Å². The van der Waals surface area contributed by atoms with Crippen molar-refractivity contribution in [1.82, 2.24) is 9.88 Å². The van der Waals surface area contributed by atoms with Gasteiger partial charge in [0.15, 0.2) is 0 Å². The zero-order valence-corrected chi connectivity index (χ0v) is 21.6. The topological polar surface area (TPSA) is 51.7 Å². The molecule has 5 nitrogen and oxygen atoms in total. The van der Waals surface area contributed by atoms with Gasteiger partial charge < -0.3 is 14.4 Å². The molecule has 2 aliphatic heterocycles. The number of pyridine rings is 1. The third-order valence-corrected chi connectivity index (χ3v) is 8.00. The first kappa shape index (κ1) is 23.7. The molecule has 2 aromatic carbocycles. The van der Waals surface area contributed by atoms with Gasteiger partial charge in [-0.3, -0.25) is 4.98 Å². The molecule has 0 aliphatic carbocycles. The average molecular weight is 489 g/mol. The highest BCUT2D eigenvalue weighted by Gasteiger charge is 2.37. The lowest BCUT2D eigenvalue weighted by Gasteiger charge is -2.39. The van der Waals surface area contributed by atoms with E-state index in [0.29, 0.717) is 19.0 Å². The first-order valence-electron chi connectivity index (χ1n) is 12.2. The Bertz CT molecular complexity index is 1210.